The van der Waals surface area contributed by atoms with Crippen molar-refractivity contribution in [1.82, 2.24) is 30.0 Å². The van der Waals surface area contributed by atoms with E-state index in [1.807, 2.05) is 6.07 Å². The molecule has 0 aliphatic heterocycles. The molecule has 2 aromatic heterocycles. The molecule has 34 heavy (non-hydrogen) atoms. The van der Waals surface area contributed by atoms with Gasteiger partial charge in [-0.15, -0.1) is 16.8 Å². The van der Waals surface area contributed by atoms with Crippen molar-refractivity contribution in [3.05, 3.63) is 77.1 Å². The molecule has 4 aromatic rings. The molecule has 0 spiro atoms. The Hall–Kier alpha value is -4.12. The fourth-order valence-corrected chi connectivity index (χ4v) is 4.14. The molecule has 0 unspecified atom stereocenters. The van der Waals surface area contributed by atoms with Crippen LogP contribution in [0.4, 0.5) is 0 Å². The minimum atomic E-state index is -0.409. The van der Waals surface area contributed by atoms with E-state index in [9.17, 15) is 14.4 Å². The quantitative estimate of drug-likeness (QED) is 0.225. The molecule has 0 aliphatic rings. The van der Waals surface area contributed by atoms with Crippen LogP contribution in [0.2, 0.25) is 0 Å². The number of carbonyl (C=O) groups is 2. The van der Waals surface area contributed by atoms with E-state index in [1.54, 1.807) is 60.1 Å². The molecule has 10 nitrogen and oxygen atoms in total. The van der Waals surface area contributed by atoms with E-state index < -0.39 is 5.91 Å². The number of carbonyl (C=O) groups excluding carboxylic acids is 2. The third-order valence-electron chi connectivity index (χ3n) is 4.99. The zero-order chi connectivity index (χ0) is 24.1. The molecule has 2 aromatic carbocycles. The monoisotopic (exact) mass is 478 g/mol. The Labute approximate surface area is 198 Å². The Morgan fingerprint density at radius 1 is 1.09 bits per heavy atom. The fourth-order valence-electron chi connectivity index (χ4n) is 3.40. The minimum Gasteiger partial charge on any atom is -0.497 e. The highest BCUT2D eigenvalue weighted by Gasteiger charge is 2.17. The second kappa shape index (κ2) is 10.2. The van der Waals surface area contributed by atoms with Gasteiger partial charge in [0.25, 0.3) is 5.56 Å². The predicted octanol–water partition coefficient (Wildman–Crippen LogP) is 1.72. The number of benzene rings is 2. The maximum atomic E-state index is 12.8. The minimum absolute atomic E-state index is 0.0154. The van der Waals surface area contributed by atoms with Crippen molar-refractivity contribution in [3.63, 3.8) is 0 Å². The first kappa shape index (κ1) is 23.1. The largest absolute Gasteiger partial charge is 0.497 e. The first-order chi connectivity index (χ1) is 16.5. The predicted molar refractivity (Wildman–Crippen MR) is 129 cm³/mol. The smallest absolute Gasteiger partial charge is 0.263 e. The molecule has 0 fully saturated rings. The summed E-state index contributed by atoms with van der Waals surface area (Å²) in [7, 11) is 1.57. The molecular weight excluding hydrogens is 456 g/mol. The number of hydrazine groups is 1. The summed E-state index contributed by atoms with van der Waals surface area (Å²) in [6, 6.07) is 14.2. The molecule has 0 bridgehead atoms. The van der Waals surface area contributed by atoms with Crippen molar-refractivity contribution < 1.29 is 14.3 Å². The molecular formula is C23H22N6O4S. The molecule has 11 heteroatoms. The van der Waals surface area contributed by atoms with E-state index in [4.69, 9.17) is 4.74 Å². The average Bonchev–Trinajstić information content (AvgIpc) is 3.28. The number of amides is 2. The van der Waals surface area contributed by atoms with Gasteiger partial charge in [0.15, 0.2) is 5.16 Å². The summed E-state index contributed by atoms with van der Waals surface area (Å²) in [6.45, 7) is 3.98. The van der Waals surface area contributed by atoms with Crippen LogP contribution in [0.3, 0.4) is 0 Å². The van der Waals surface area contributed by atoms with Gasteiger partial charge in [-0.25, -0.2) is 0 Å². The molecule has 2 heterocycles. The average molecular weight is 479 g/mol. The lowest BCUT2D eigenvalue weighted by Gasteiger charge is -2.10. The summed E-state index contributed by atoms with van der Waals surface area (Å²) in [6.07, 6.45) is 1.72. The van der Waals surface area contributed by atoms with Crippen LogP contribution in [0, 0.1) is 0 Å². The Morgan fingerprint density at radius 2 is 1.82 bits per heavy atom. The number of rotatable bonds is 8. The van der Waals surface area contributed by atoms with Crippen LogP contribution >= 0.6 is 11.8 Å². The first-order valence-corrected chi connectivity index (χ1v) is 11.3. The maximum Gasteiger partial charge on any atom is 0.263 e. The van der Waals surface area contributed by atoms with Crippen LogP contribution in [-0.2, 0) is 22.6 Å². The van der Waals surface area contributed by atoms with Gasteiger partial charge in [-0.05, 0) is 29.8 Å². The molecule has 0 atom stereocenters. The Morgan fingerprint density at radius 3 is 2.56 bits per heavy atom. The number of nitrogens with one attached hydrogen (secondary N) is 2. The first-order valence-electron chi connectivity index (χ1n) is 10.3. The number of hydrogen-bond acceptors (Lipinski definition) is 7. The molecule has 0 aliphatic carbocycles. The van der Waals surface area contributed by atoms with E-state index >= 15 is 0 Å². The summed E-state index contributed by atoms with van der Waals surface area (Å²) in [5.74, 6) is 0.284. The van der Waals surface area contributed by atoms with E-state index in [1.165, 1.54) is 4.57 Å². The van der Waals surface area contributed by atoms with Crippen LogP contribution < -0.4 is 21.1 Å². The topological polar surface area (TPSA) is 120 Å². The maximum absolute atomic E-state index is 12.8. The highest BCUT2D eigenvalue weighted by Crippen LogP contribution is 2.21. The van der Waals surface area contributed by atoms with Crippen molar-refractivity contribution in [2.24, 2.45) is 0 Å². The van der Waals surface area contributed by atoms with Crippen LogP contribution in [0.5, 0.6) is 5.75 Å². The van der Waals surface area contributed by atoms with Crippen LogP contribution in [0.15, 0.2) is 71.1 Å². The van der Waals surface area contributed by atoms with E-state index in [-0.39, 0.29) is 30.2 Å². The van der Waals surface area contributed by atoms with Crippen LogP contribution in [-0.4, -0.2) is 43.8 Å². The standard InChI is InChI=1S/C23H22N6O4S/c1-3-12-28-21(32)17-6-4-5-7-18(17)29-22(28)26-27-23(29)34-14-20(31)25-24-19(30)13-15-8-10-16(33-2)11-9-15/h3-11H,1,12-14H2,2H3,(H,24,30)(H,25,31). The highest BCUT2D eigenvalue weighted by atomic mass is 32.2. The molecule has 174 valence electrons. The lowest BCUT2D eigenvalue weighted by atomic mass is 10.1. The summed E-state index contributed by atoms with van der Waals surface area (Å²) in [4.78, 5) is 37.3. The van der Waals surface area contributed by atoms with Crippen molar-refractivity contribution in [3.8, 4) is 5.75 Å². The normalized spacial score (nSPS) is 10.9. The molecule has 2 N–H and O–H groups in total. The second-order valence-corrected chi connectivity index (χ2v) is 8.19. The van der Waals surface area contributed by atoms with Gasteiger partial charge < -0.3 is 4.74 Å². The van der Waals surface area contributed by atoms with Crippen molar-refractivity contribution in [1.29, 1.82) is 0 Å². The molecule has 4 rings (SSSR count). The number of para-hydroxylation sites is 1. The fraction of sp³-hybridized carbons (Fsp3) is 0.174. The molecule has 2 amide bonds. The van der Waals surface area contributed by atoms with Crippen molar-refractivity contribution in [2.45, 2.75) is 18.1 Å². The number of methoxy groups -OCH3 is 1. The number of nitrogens with zero attached hydrogens (tertiary/aromatic N) is 4. The molecule has 0 radical (unpaired) electrons. The lowest BCUT2D eigenvalue weighted by molar-refractivity contribution is -0.127. The number of fused-ring (bicyclic) bond motifs is 3. The van der Waals surface area contributed by atoms with Gasteiger partial charge in [0.1, 0.15) is 5.75 Å². The number of hydrogen-bond donors (Lipinski definition) is 2. The lowest BCUT2D eigenvalue weighted by Crippen LogP contribution is -2.43. The van der Waals surface area contributed by atoms with Crippen LogP contribution in [0.1, 0.15) is 5.56 Å². The van der Waals surface area contributed by atoms with Crippen LogP contribution in [0.25, 0.3) is 16.7 Å². The van der Waals surface area contributed by atoms with Gasteiger partial charge in [-0.1, -0.05) is 42.1 Å². The molecule has 0 saturated carbocycles. The third-order valence-corrected chi connectivity index (χ3v) is 5.92. The third kappa shape index (κ3) is 4.79. The zero-order valence-electron chi connectivity index (χ0n) is 18.4. The highest BCUT2D eigenvalue weighted by molar-refractivity contribution is 7.99. The van der Waals surface area contributed by atoms with E-state index in [0.29, 0.717) is 27.6 Å². The summed E-state index contributed by atoms with van der Waals surface area (Å²) in [5, 5.41) is 9.28. The number of ether oxygens (including phenoxy) is 1. The second-order valence-electron chi connectivity index (χ2n) is 7.25. The van der Waals surface area contributed by atoms with E-state index in [0.717, 1.165) is 17.3 Å². The van der Waals surface area contributed by atoms with Gasteiger partial charge in [0.2, 0.25) is 17.6 Å². The Kier molecular flexibility index (Phi) is 6.93. The SMILES string of the molecule is C=CCn1c(=O)c2ccccc2n2c(SCC(=O)NNC(=O)Cc3ccc(OC)cc3)nnc12. The number of aromatic nitrogens is 4. The Balaban J connectivity index is 1.43. The van der Waals surface area contributed by atoms with Gasteiger partial charge in [0.05, 0.1) is 30.2 Å². The van der Waals surface area contributed by atoms with Gasteiger partial charge in [0, 0.05) is 6.54 Å². The van der Waals surface area contributed by atoms with Gasteiger partial charge in [-0.2, -0.15) is 0 Å². The molecule has 0 saturated heterocycles. The van der Waals surface area contributed by atoms with E-state index in [2.05, 4.69) is 27.6 Å². The van der Waals surface area contributed by atoms with Gasteiger partial charge >= 0.3 is 0 Å². The summed E-state index contributed by atoms with van der Waals surface area (Å²) < 4.78 is 8.31. The van der Waals surface area contributed by atoms with Crippen molar-refractivity contribution >= 4 is 40.3 Å². The van der Waals surface area contributed by atoms with Gasteiger partial charge in [-0.3, -0.25) is 34.2 Å². The summed E-state index contributed by atoms with van der Waals surface area (Å²) >= 11 is 1.14. The number of thioether (sulfide) groups is 1. The zero-order valence-corrected chi connectivity index (χ0v) is 19.2. The number of allylic oxidation sites excluding steroid dienone is 1. The van der Waals surface area contributed by atoms with Crippen molar-refractivity contribution in [2.75, 3.05) is 12.9 Å². The summed E-state index contributed by atoms with van der Waals surface area (Å²) in [5.41, 5.74) is 6.05. The Bertz CT molecular complexity index is 1430.